The maximum atomic E-state index is 12.1. The number of rotatable bonds is 10. The molecule has 0 saturated carbocycles. The Hall–Kier alpha value is -1.34. The maximum Gasteiger partial charge on any atom is 0.204 e. The summed E-state index contributed by atoms with van der Waals surface area (Å²) >= 11 is 0. The largest absolute Gasteiger partial charge is 0.324 e. The molecule has 0 aromatic rings. The second-order valence-electron chi connectivity index (χ2n) is 5.51. The van der Waals surface area contributed by atoms with Crippen LogP contribution in [0.5, 0.6) is 0 Å². The summed E-state index contributed by atoms with van der Waals surface area (Å²) in [7, 11) is 0. The van der Waals surface area contributed by atoms with Crippen LogP contribution in [-0.4, -0.2) is 29.3 Å². The van der Waals surface area contributed by atoms with Gasteiger partial charge in [0.15, 0.2) is 17.7 Å². The van der Waals surface area contributed by atoms with Crippen molar-refractivity contribution in [2.75, 3.05) is 0 Å². The molecule has 0 aromatic heterocycles. The molecule has 2 atom stereocenters. The Morgan fingerprint density at radius 1 is 0.955 bits per heavy atom. The smallest absolute Gasteiger partial charge is 0.204 e. The lowest BCUT2D eigenvalue weighted by atomic mass is 10.0. The van der Waals surface area contributed by atoms with E-state index in [9.17, 15) is 9.59 Å². The van der Waals surface area contributed by atoms with Gasteiger partial charge in [0.05, 0.1) is 0 Å². The van der Waals surface area contributed by atoms with Crippen molar-refractivity contribution in [2.45, 2.75) is 65.2 Å². The van der Waals surface area contributed by atoms with E-state index in [0.717, 1.165) is 0 Å². The van der Waals surface area contributed by atoms with Crippen molar-refractivity contribution in [3.05, 3.63) is 24.3 Å². The Bertz CT molecular complexity index is 433. The summed E-state index contributed by atoms with van der Waals surface area (Å²) < 4.78 is 11.0. The Kier molecular flexibility index (Phi) is 7.31. The molecule has 2 unspecified atom stereocenters. The fraction of sp³-hybridized carbons (Fsp3) is 0.625. The Morgan fingerprint density at radius 2 is 1.23 bits per heavy atom. The van der Waals surface area contributed by atoms with Crippen molar-refractivity contribution >= 4 is 11.6 Å². The highest BCUT2D eigenvalue weighted by molar-refractivity contribution is 6.01. The Morgan fingerprint density at radius 3 is 1.41 bits per heavy atom. The number of ketones is 2. The number of Topliss-reactive ketones (excluding diaryl/α,β-unsaturated/α-hetero) is 2. The van der Waals surface area contributed by atoms with E-state index < -0.39 is 29.3 Å². The van der Waals surface area contributed by atoms with E-state index in [2.05, 4.69) is 13.2 Å². The first-order valence-electron chi connectivity index (χ1n) is 7.27. The predicted octanol–water partition coefficient (Wildman–Crippen LogP) is 1.79. The van der Waals surface area contributed by atoms with Gasteiger partial charge >= 0.3 is 0 Å². The van der Waals surface area contributed by atoms with Gasteiger partial charge in [-0.15, -0.1) is 0 Å². The minimum Gasteiger partial charge on any atom is -0.324 e. The fourth-order valence-corrected chi connectivity index (χ4v) is 1.93. The summed E-state index contributed by atoms with van der Waals surface area (Å²) in [5.74, 6) is -0.841. The molecule has 0 fully saturated rings. The molecule has 6 nitrogen and oxygen atoms in total. The van der Waals surface area contributed by atoms with Crippen molar-refractivity contribution in [2.24, 2.45) is 11.5 Å². The number of hydrogen-bond donors (Lipinski definition) is 2. The van der Waals surface area contributed by atoms with Crippen molar-refractivity contribution in [1.29, 1.82) is 0 Å². The summed E-state index contributed by atoms with van der Waals surface area (Å²) in [6.45, 7) is 15.2. The second kappa shape index (κ2) is 7.78. The summed E-state index contributed by atoms with van der Waals surface area (Å²) in [5.41, 5.74) is 9.40. The molecule has 22 heavy (non-hydrogen) atoms. The molecule has 0 rings (SSSR count). The van der Waals surface area contributed by atoms with Crippen LogP contribution >= 0.6 is 0 Å². The van der Waals surface area contributed by atoms with Crippen LogP contribution in [-0.2, 0) is 19.1 Å². The van der Waals surface area contributed by atoms with Crippen LogP contribution < -0.4 is 11.5 Å². The molecule has 0 amide bonds. The average Bonchev–Trinajstić information content (AvgIpc) is 2.44. The van der Waals surface area contributed by atoms with Gasteiger partial charge in [-0.25, -0.2) is 0 Å². The number of ether oxygens (including phenoxy) is 2. The Balaban J connectivity index is 5.16. The molecule has 0 radical (unpaired) electrons. The van der Waals surface area contributed by atoms with Gasteiger partial charge in [-0.05, 0) is 44.8 Å². The van der Waals surface area contributed by atoms with Crippen LogP contribution in [0.2, 0.25) is 0 Å². The van der Waals surface area contributed by atoms with E-state index in [-0.39, 0.29) is 24.0 Å². The zero-order chi connectivity index (χ0) is 17.7. The maximum absolute atomic E-state index is 12.1. The normalized spacial score (nSPS) is 18.0. The van der Waals surface area contributed by atoms with E-state index in [1.165, 1.54) is 6.92 Å². The van der Waals surface area contributed by atoms with Crippen LogP contribution in [0.15, 0.2) is 24.3 Å². The molecular weight excluding hydrogens is 284 g/mol. The van der Waals surface area contributed by atoms with Gasteiger partial charge in [-0.3, -0.25) is 21.1 Å². The van der Waals surface area contributed by atoms with Gasteiger partial charge < -0.3 is 9.47 Å². The van der Waals surface area contributed by atoms with Crippen LogP contribution in [0.3, 0.4) is 0 Å². The van der Waals surface area contributed by atoms with Crippen LogP contribution in [0.25, 0.3) is 0 Å². The van der Waals surface area contributed by atoms with Gasteiger partial charge in [0, 0.05) is 0 Å². The lowest BCUT2D eigenvalue weighted by molar-refractivity contribution is -0.238. The van der Waals surface area contributed by atoms with E-state index in [0.29, 0.717) is 0 Å². The zero-order valence-corrected chi connectivity index (χ0v) is 14.2. The van der Waals surface area contributed by atoms with Crippen molar-refractivity contribution < 1.29 is 19.1 Å². The minimum absolute atomic E-state index is 0.227. The molecule has 4 N–H and O–H groups in total. The quantitative estimate of drug-likeness (QED) is 0.470. The standard InChI is InChI=1S/C16H28N2O4/c1-8-15(17,13(19)10(3)4)21-12(7)22-16(18,9-2)14(20)11(5)6/h12H,3,5,8-9,17-18H2,1-2,4,6-7H3. The van der Waals surface area contributed by atoms with Crippen LogP contribution in [0.4, 0.5) is 0 Å². The number of hydrogen-bond acceptors (Lipinski definition) is 6. The van der Waals surface area contributed by atoms with Gasteiger partial charge in [0.1, 0.15) is 0 Å². The number of nitrogens with two attached hydrogens (primary N) is 2. The van der Waals surface area contributed by atoms with Crippen LogP contribution in [0.1, 0.15) is 47.5 Å². The average molecular weight is 312 g/mol. The minimum atomic E-state index is -1.56. The molecule has 0 aliphatic rings. The third kappa shape index (κ3) is 4.84. The molecule has 0 bridgehead atoms. The third-order valence-corrected chi connectivity index (χ3v) is 3.35. The van der Waals surface area contributed by atoms with Crippen molar-refractivity contribution in [3.8, 4) is 0 Å². The molecule has 0 aliphatic carbocycles. The van der Waals surface area contributed by atoms with E-state index >= 15 is 0 Å². The van der Waals surface area contributed by atoms with Crippen molar-refractivity contribution in [3.63, 3.8) is 0 Å². The monoisotopic (exact) mass is 312 g/mol. The highest BCUT2D eigenvalue weighted by atomic mass is 16.7. The third-order valence-electron chi connectivity index (χ3n) is 3.35. The highest BCUT2D eigenvalue weighted by Crippen LogP contribution is 2.22. The molecule has 6 heteroatoms. The topological polar surface area (TPSA) is 105 Å². The van der Waals surface area contributed by atoms with Crippen LogP contribution in [0, 0.1) is 0 Å². The Labute approximate surface area is 132 Å². The first kappa shape index (κ1) is 20.7. The first-order valence-corrected chi connectivity index (χ1v) is 7.27. The molecule has 0 saturated heterocycles. The highest BCUT2D eigenvalue weighted by Gasteiger charge is 2.40. The molecule has 0 heterocycles. The van der Waals surface area contributed by atoms with E-state index in [1.54, 1.807) is 27.7 Å². The molecule has 0 aliphatic heterocycles. The molecule has 126 valence electrons. The van der Waals surface area contributed by atoms with E-state index in [4.69, 9.17) is 20.9 Å². The van der Waals surface area contributed by atoms with Gasteiger partial charge in [0.2, 0.25) is 11.6 Å². The first-order chi connectivity index (χ1) is 9.93. The zero-order valence-electron chi connectivity index (χ0n) is 14.2. The van der Waals surface area contributed by atoms with E-state index in [1.807, 2.05) is 0 Å². The molecule has 0 aromatic carbocycles. The molecule has 0 spiro atoms. The van der Waals surface area contributed by atoms with Gasteiger partial charge in [-0.2, -0.15) is 0 Å². The number of carbonyl (C=O) groups is 2. The fourth-order valence-electron chi connectivity index (χ4n) is 1.93. The second-order valence-corrected chi connectivity index (χ2v) is 5.51. The van der Waals surface area contributed by atoms with Gasteiger partial charge in [0.25, 0.3) is 0 Å². The summed E-state index contributed by atoms with van der Waals surface area (Å²) in [6, 6.07) is 0. The van der Waals surface area contributed by atoms with Gasteiger partial charge in [-0.1, -0.05) is 27.0 Å². The lowest BCUT2D eigenvalue weighted by Crippen LogP contribution is -2.56. The number of carbonyl (C=O) groups excluding carboxylic acids is 2. The summed E-state index contributed by atoms with van der Waals surface area (Å²) in [4.78, 5) is 24.2. The molecular formula is C16H28N2O4. The predicted molar refractivity (Wildman–Crippen MR) is 85.7 cm³/mol. The summed E-state index contributed by atoms with van der Waals surface area (Å²) in [6.07, 6.45) is -0.504. The van der Waals surface area contributed by atoms with Crippen molar-refractivity contribution in [1.82, 2.24) is 0 Å². The summed E-state index contributed by atoms with van der Waals surface area (Å²) in [5, 5.41) is 0. The SMILES string of the molecule is C=C(C)C(=O)C(N)(CC)OC(C)OC(N)(CC)C(=O)C(=C)C. The lowest BCUT2D eigenvalue weighted by Gasteiger charge is -2.35.